The zero-order valence-corrected chi connectivity index (χ0v) is 9.36. The van der Waals surface area contributed by atoms with E-state index >= 15 is 0 Å². The molecule has 0 unspecified atom stereocenters. The molecule has 0 saturated carbocycles. The summed E-state index contributed by atoms with van der Waals surface area (Å²) in [7, 11) is 1.87. The lowest BCUT2D eigenvalue weighted by molar-refractivity contribution is -0.114. The average Bonchev–Trinajstić information content (AvgIpc) is 2.65. The summed E-state index contributed by atoms with van der Waals surface area (Å²) in [5, 5.41) is 0.844. The first-order chi connectivity index (χ1) is 7.65. The van der Waals surface area contributed by atoms with Crippen molar-refractivity contribution in [3.8, 4) is 0 Å². The topological polar surface area (TPSA) is 39.1 Å². The number of fused-ring (bicyclic) bond motifs is 1. The van der Waals surface area contributed by atoms with Gasteiger partial charge in [0.2, 0.25) is 11.6 Å². The van der Waals surface area contributed by atoms with Crippen LogP contribution >= 0.6 is 0 Å². The highest BCUT2D eigenvalue weighted by molar-refractivity contribution is 6.45. The predicted octanol–water partition coefficient (Wildman–Crippen LogP) is 2.34. The van der Waals surface area contributed by atoms with Gasteiger partial charge in [0, 0.05) is 30.6 Å². The fourth-order valence-corrected chi connectivity index (χ4v) is 1.83. The molecule has 2 rings (SSSR count). The fraction of sp³-hybridized carbons (Fsp3) is 0.231. The zero-order chi connectivity index (χ0) is 11.7. The molecule has 3 heteroatoms. The lowest BCUT2D eigenvalue weighted by Crippen LogP contribution is -2.12. The van der Waals surface area contributed by atoms with Gasteiger partial charge in [-0.25, -0.2) is 0 Å². The molecule has 0 N–H and O–H groups in total. The minimum Gasteiger partial charge on any atom is -0.350 e. The van der Waals surface area contributed by atoms with Gasteiger partial charge in [0.1, 0.15) is 0 Å². The first-order valence-electron chi connectivity index (χ1n) is 5.26. The van der Waals surface area contributed by atoms with E-state index in [-0.39, 0.29) is 18.0 Å². The second kappa shape index (κ2) is 3.93. The van der Waals surface area contributed by atoms with Crippen LogP contribution in [0.4, 0.5) is 0 Å². The quantitative estimate of drug-likeness (QED) is 0.582. The van der Waals surface area contributed by atoms with Gasteiger partial charge in [-0.3, -0.25) is 9.59 Å². The molecule has 1 aromatic heterocycles. The van der Waals surface area contributed by atoms with E-state index < -0.39 is 0 Å². The van der Waals surface area contributed by atoms with Gasteiger partial charge < -0.3 is 4.57 Å². The van der Waals surface area contributed by atoms with Gasteiger partial charge in [-0.15, -0.1) is 0 Å². The number of aromatic nitrogens is 1. The molecule has 0 fully saturated rings. The highest BCUT2D eigenvalue weighted by Gasteiger charge is 2.18. The Kier molecular flexibility index (Phi) is 2.60. The van der Waals surface area contributed by atoms with Crippen LogP contribution in [0, 0.1) is 0 Å². The number of ketones is 2. The minimum atomic E-state index is -0.390. The van der Waals surface area contributed by atoms with E-state index in [0.29, 0.717) is 5.56 Å². The number of carbonyl (C=O) groups excluding carboxylic acids is 2. The molecule has 0 aliphatic heterocycles. The standard InChI is InChI=1S/C13H13NO2/c1-3-12(15)13(16)10-8-14(2)11-7-5-4-6-9(10)11/h4-8H,3H2,1-2H3. The molecular weight excluding hydrogens is 202 g/mol. The van der Waals surface area contributed by atoms with E-state index in [4.69, 9.17) is 0 Å². The van der Waals surface area contributed by atoms with E-state index in [1.165, 1.54) is 0 Å². The van der Waals surface area contributed by atoms with Gasteiger partial charge in [0.25, 0.3) is 0 Å². The Bertz CT molecular complexity index is 566. The maximum Gasteiger partial charge on any atom is 0.230 e. The summed E-state index contributed by atoms with van der Waals surface area (Å²) in [6, 6.07) is 7.59. The Balaban J connectivity index is 2.62. The van der Waals surface area contributed by atoms with Crippen LogP contribution < -0.4 is 0 Å². The van der Waals surface area contributed by atoms with Crippen LogP contribution in [-0.4, -0.2) is 16.1 Å². The normalized spacial score (nSPS) is 10.6. The van der Waals surface area contributed by atoms with Crippen LogP contribution in [0.2, 0.25) is 0 Å². The third kappa shape index (κ3) is 1.54. The van der Waals surface area contributed by atoms with Crippen molar-refractivity contribution in [2.75, 3.05) is 0 Å². The first kappa shape index (κ1) is 10.6. The highest BCUT2D eigenvalue weighted by Crippen LogP contribution is 2.21. The molecule has 16 heavy (non-hydrogen) atoms. The van der Waals surface area contributed by atoms with Crippen LogP contribution in [0.15, 0.2) is 30.5 Å². The smallest absolute Gasteiger partial charge is 0.230 e. The fourth-order valence-electron chi connectivity index (χ4n) is 1.83. The molecule has 1 aromatic carbocycles. The molecule has 0 bridgehead atoms. The Hall–Kier alpha value is -1.90. The summed E-state index contributed by atoms with van der Waals surface area (Å²) in [6.07, 6.45) is 1.97. The van der Waals surface area contributed by atoms with E-state index in [0.717, 1.165) is 10.9 Å². The third-order valence-corrected chi connectivity index (χ3v) is 2.72. The van der Waals surface area contributed by atoms with Crippen molar-refractivity contribution in [3.05, 3.63) is 36.0 Å². The second-order valence-electron chi connectivity index (χ2n) is 3.78. The molecule has 1 heterocycles. The van der Waals surface area contributed by atoms with Gasteiger partial charge in [-0.05, 0) is 6.07 Å². The number of hydrogen-bond donors (Lipinski definition) is 0. The summed E-state index contributed by atoms with van der Waals surface area (Å²) >= 11 is 0. The molecule has 0 aliphatic rings. The summed E-state index contributed by atoms with van der Waals surface area (Å²) in [5.41, 5.74) is 1.47. The molecule has 0 amide bonds. The third-order valence-electron chi connectivity index (χ3n) is 2.72. The van der Waals surface area contributed by atoms with Crippen molar-refractivity contribution in [2.45, 2.75) is 13.3 Å². The van der Waals surface area contributed by atoms with E-state index in [1.54, 1.807) is 13.1 Å². The second-order valence-corrected chi connectivity index (χ2v) is 3.78. The molecule has 82 valence electrons. The number of nitrogens with zero attached hydrogens (tertiary/aromatic N) is 1. The molecule has 3 nitrogen and oxygen atoms in total. The first-order valence-corrected chi connectivity index (χ1v) is 5.26. The Labute approximate surface area is 93.7 Å². The summed E-state index contributed by atoms with van der Waals surface area (Å²) < 4.78 is 1.87. The maximum atomic E-state index is 11.8. The summed E-state index contributed by atoms with van der Waals surface area (Å²) in [5.74, 6) is -0.726. The van der Waals surface area contributed by atoms with Gasteiger partial charge in [0.05, 0.1) is 5.56 Å². The van der Waals surface area contributed by atoms with E-state index in [9.17, 15) is 9.59 Å². The van der Waals surface area contributed by atoms with Gasteiger partial charge in [-0.1, -0.05) is 25.1 Å². The number of aryl methyl sites for hydroxylation is 1. The number of rotatable bonds is 3. The van der Waals surface area contributed by atoms with E-state index in [1.807, 2.05) is 35.9 Å². The predicted molar refractivity (Wildman–Crippen MR) is 62.5 cm³/mol. The Morgan fingerprint density at radius 1 is 1.25 bits per heavy atom. The molecular formula is C13H13NO2. The molecule has 0 atom stereocenters. The van der Waals surface area contributed by atoms with E-state index in [2.05, 4.69) is 0 Å². The van der Waals surface area contributed by atoms with Crippen molar-refractivity contribution >= 4 is 22.5 Å². The van der Waals surface area contributed by atoms with Gasteiger partial charge in [0.15, 0.2) is 0 Å². The Morgan fingerprint density at radius 2 is 1.94 bits per heavy atom. The van der Waals surface area contributed by atoms with Crippen LogP contribution in [0.1, 0.15) is 23.7 Å². The zero-order valence-electron chi connectivity index (χ0n) is 9.36. The van der Waals surface area contributed by atoms with Crippen molar-refractivity contribution in [3.63, 3.8) is 0 Å². The van der Waals surface area contributed by atoms with Crippen molar-refractivity contribution in [1.82, 2.24) is 4.57 Å². The number of Topliss-reactive ketones (excluding diaryl/α,β-unsaturated/α-hetero) is 2. The van der Waals surface area contributed by atoms with Crippen LogP contribution in [0.25, 0.3) is 10.9 Å². The summed E-state index contributed by atoms with van der Waals surface area (Å²) in [4.78, 5) is 23.2. The molecule has 0 radical (unpaired) electrons. The monoisotopic (exact) mass is 215 g/mol. The Morgan fingerprint density at radius 3 is 2.62 bits per heavy atom. The number of para-hydroxylation sites is 1. The average molecular weight is 215 g/mol. The highest BCUT2D eigenvalue weighted by atomic mass is 16.2. The van der Waals surface area contributed by atoms with Crippen molar-refractivity contribution in [1.29, 1.82) is 0 Å². The lowest BCUT2D eigenvalue weighted by Gasteiger charge is -1.95. The van der Waals surface area contributed by atoms with Gasteiger partial charge in [-0.2, -0.15) is 0 Å². The molecule has 2 aromatic rings. The lowest BCUT2D eigenvalue weighted by atomic mass is 10.1. The van der Waals surface area contributed by atoms with Crippen molar-refractivity contribution < 1.29 is 9.59 Å². The van der Waals surface area contributed by atoms with Crippen LogP contribution in [-0.2, 0) is 11.8 Å². The molecule has 0 saturated heterocycles. The minimum absolute atomic E-state index is 0.252. The SMILES string of the molecule is CCC(=O)C(=O)c1cn(C)c2ccccc12. The molecule has 0 spiro atoms. The number of carbonyl (C=O) groups is 2. The number of benzene rings is 1. The molecule has 0 aliphatic carbocycles. The summed E-state index contributed by atoms with van der Waals surface area (Å²) in [6.45, 7) is 1.70. The van der Waals surface area contributed by atoms with Crippen LogP contribution in [0.3, 0.4) is 0 Å². The van der Waals surface area contributed by atoms with Crippen LogP contribution in [0.5, 0.6) is 0 Å². The van der Waals surface area contributed by atoms with Crippen molar-refractivity contribution in [2.24, 2.45) is 7.05 Å². The van der Waals surface area contributed by atoms with Gasteiger partial charge >= 0.3 is 0 Å². The maximum absolute atomic E-state index is 11.8. The number of hydrogen-bond acceptors (Lipinski definition) is 2. The largest absolute Gasteiger partial charge is 0.350 e.